The zero-order valence-corrected chi connectivity index (χ0v) is 11.5. The highest BCUT2D eigenvalue weighted by Gasteiger charge is 2.24. The number of anilines is 2. The number of nitrogen functional groups attached to an aromatic ring is 1. The van der Waals surface area contributed by atoms with Crippen LogP contribution in [0, 0.1) is 5.92 Å². The van der Waals surface area contributed by atoms with Gasteiger partial charge in [-0.25, -0.2) is 0 Å². The van der Waals surface area contributed by atoms with Gasteiger partial charge in [0.05, 0.1) is 22.4 Å². The van der Waals surface area contributed by atoms with Crippen LogP contribution in [-0.2, 0) is 4.74 Å². The van der Waals surface area contributed by atoms with Crippen molar-refractivity contribution in [2.45, 2.75) is 19.4 Å². The molecule has 5 N–H and O–H groups in total. The summed E-state index contributed by atoms with van der Waals surface area (Å²) in [7, 11) is 0. The molecule has 104 valence electrons. The first-order chi connectivity index (χ1) is 8.99. The molecule has 5 nitrogen and oxygen atoms in total. The Balaban J connectivity index is 2.17. The first kappa shape index (κ1) is 14.0. The normalized spacial score (nSPS) is 22.4. The van der Waals surface area contributed by atoms with Crippen molar-refractivity contribution in [2.24, 2.45) is 11.7 Å². The van der Waals surface area contributed by atoms with E-state index in [4.69, 9.17) is 27.8 Å². The van der Waals surface area contributed by atoms with Gasteiger partial charge >= 0.3 is 0 Å². The fourth-order valence-electron chi connectivity index (χ4n) is 2.28. The van der Waals surface area contributed by atoms with Gasteiger partial charge in [0.15, 0.2) is 0 Å². The molecule has 19 heavy (non-hydrogen) atoms. The molecular formula is C13H18ClN3O2. The molecule has 1 aliphatic heterocycles. The number of hydrogen-bond donors (Lipinski definition) is 3. The van der Waals surface area contributed by atoms with E-state index in [2.05, 4.69) is 5.32 Å². The maximum Gasteiger partial charge on any atom is 0.250 e. The van der Waals surface area contributed by atoms with Crippen molar-refractivity contribution in [3.05, 3.63) is 22.7 Å². The van der Waals surface area contributed by atoms with Crippen LogP contribution >= 0.6 is 11.6 Å². The van der Waals surface area contributed by atoms with Crippen molar-refractivity contribution >= 4 is 28.9 Å². The maximum atomic E-state index is 11.4. The number of primary amides is 1. The van der Waals surface area contributed by atoms with Gasteiger partial charge < -0.3 is 21.5 Å². The molecule has 6 heteroatoms. The Hall–Kier alpha value is -1.46. The molecule has 2 unspecified atom stereocenters. The van der Waals surface area contributed by atoms with Crippen molar-refractivity contribution in [1.82, 2.24) is 0 Å². The fourth-order valence-corrected chi connectivity index (χ4v) is 2.57. The first-order valence-electron chi connectivity index (χ1n) is 6.23. The number of nitrogens with two attached hydrogens (primary N) is 2. The van der Waals surface area contributed by atoms with E-state index in [1.807, 2.05) is 6.92 Å². The molecule has 1 saturated heterocycles. The molecule has 1 aromatic rings. The second kappa shape index (κ2) is 5.67. The smallest absolute Gasteiger partial charge is 0.250 e. The second-order valence-corrected chi connectivity index (χ2v) is 5.20. The summed E-state index contributed by atoms with van der Waals surface area (Å²) in [5.74, 6) is -0.151. The number of hydrogen-bond acceptors (Lipinski definition) is 4. The average molecular weight is 284 g/mol. The quantitative estimate of drug-likeness (QED) is 0.736. The van der Waals surface area contributed by atoms with E-state index in [1.165, 1.54) is 6.07 Å². The minimum Gasteiger partial charge on any atom is -0.399 e. The Labute approximate surface area is 117 Å². The van der Waals surface area contributed by atoms with E-state index in [0.29, 0.717) is 34.4 Å². The number of rotatable bonds is 4. The minimum absolute atomic E-state index is 0.206. The van der Waals surface area contributed by atoms with Crippen LogP contribution in [0.4, 0.5) is 11.4 Å². The Morgan fingerprint density at radius 2 is 2.32 bits per heavy atom. The van der Waals surface area contributed by atoms with Gasteiger partial charge in [-0.05, 0) is 25.5 Å². The van der Waals surface area contributed by atoms with Gasteiger partial charge in [-0.3, -0.25) is 4.79 Å². The van der Waals surface area contributed by atoms with Crippen molar-refractivity contribution in [3.8, 4) is 0 Å². The molecule has 2 atom stereocenters. The Morgan fingerprint density at radius 1 is 1.58 bits per heavy atom. The largest absolute Gasteiger partial charge is 0.399 e. The van der Waals surface area contributed by atoms with Crippen LogP contribution in [0.25, 0.3) is 0 Å². The molecule has 1 aliphatic rings. The molecular weight excluding hydrogens is 266 g/mol. The highest BCUT2D eigenvalue weighted by molar-refractivity contribution is 6.34. The standard InChI is InChI=1S/C13H18ClN3O2/c1-7-8(2-3-19-7)6-17-12-10(13(16)18)4-9(15)5-11(12)14/h4-5,7-8,17H,2-3,6,15H2,1H3,(H2,16,18). The summed E-state index contributed by atoms with van der Waals surface area (Å²) >= 11 is 6.12. The lowest BCUT2D eigenvalue weighted by atomic mass is 10.0. The Bertz CT molecular complexity index is 493. The lowest BCUT2D eigenvalue weighted by molar-refractivity contribution is 0.100. The van der Waals surface area contributed by atoms with E-state index >= 15 is 0 Å². The highest BCUT2D eigenvalue weighted by atomic mass is 35.5. The minimum atomic E-state index is -0.549. The number of benzene rings is 1. The van der Waals surface area contributed by atoms with Crippen molar-refractivity contribution in [2.75, 3.05) is 24.2 Å². The summed E-state index contributed by atoms with van der Waals surface area (Å²) in [6.07, 6.45) is 1.20. The number of carbonyl (C=O) groups excluding carboxylic acids is 1. The number of nitrogens with one attached hydrogen (secondary N) is 1. The predicted molar refractivity (Wildman–Crippen MR) is 76.4 cm³/mol. The van der Waals surface area contributed by atoms with Crippen molar-refractivity contribution in [1.29, 1.82) is 0 Å². The van der Waals surface area contributed by atoms with Crippen LogP contribution in [-0.4, -0.2) is 25.2 Å². The zero-order valence-electron chi connectivity index (χ0n) is 10.8. The molecule has 1 heterocycles. The van der Waals surface area contributed by atoms with E-state index < -0.39 is 5.91 Å². The molecule has 0 aromatic heterocycles. The lowest BCUT2D eigenvalue weighted by Gasteiger charge is -2.18. The first-order valence-corrected chi connectivity index (χ1v) is 6.61. The van der Waals surface area contributed by atoms with Crippen LogP contribution in [0.2, 0.25) is 5.02 Å². The van der Waals surface area contributed by atoms with E-state index in [0.717, 1.165) is 13.0 Å². The number of amides is 1. The van der Waals surface area contributed by atoms with E-state index in [-0.39, 0.29) is 6.10 Å². The summed E-state index contributed by atoms with van der Waals surface area (Å²) in [5.41, 5.74) is 12.3. The number of carbonyl (C=O) groups is 1. The molecule has 1 aromatic carbocycles. The Morgan fingerprint density at radius 3 is 2.89 bits per heavy atom. The van der Waals surface area contributed by atoms with Gasteiger partial charge in [0.1, 0.15) is 0 Å². The molecule has 1 amide bonds. The summed E-state index contributed by atoms with van der Waals surface area (Å²) in [5, 5.41) is 3.60. The van der Waals surface area contributed by atoms with Gasteiger partial charge in [0, 0.05) is 24.8 Å². The van der Waals surface area contributed by atoms with E-state index in [9.17, 15) is 4.79 Å². The van der Waals surface area contributed by atoms with Crippen LogP contribution in [0.1, 0.15) is 23.7 Å². The van der Waals surface area contributed by atoms with E-state index in [1.54, 1.807) is 6.07 Å². The summed E-state index contributed by atoms with van der Waals surface area (Å²) < 4.78 is 5.50. The van der Waals surface area contributed by atoms with Gasteiger partial charge in [-0.1, -0.05) is 11.6 Å². The summed E-state index contributed by atoms with van der Waals surface area (Å²) in [4.78, 5) is 11.4. The van der Waals surface area contributed by atoms with Gasteiger partial charge in [0.2, 0.25) is 0 Å². The topological polar surface area (TPSA) is 90.4 Å². The zero-order chi connectivity index (χ0) is 14.0. The molecule has 1 fully saturated rings. The van der Waals surface area contributed by atoms with Gasteiger partial charge in [-0.15, -0.1) is 0 Å². The summed E-state index contributed by atoms with van der Waals surface area (Å²) in [6.45, 7) is 3.50. The SMILES string of the molecule is CC1OCCC1CNc1c(Cl)cc(N)cc1C(N)=O. The number of halogens is 1. The van der Waals surface area contributed by atoms with Crippen molar-refractivity contribution < 1.29 is 9.53 Å². The third-order valence-corrected chi connectivity index (χ3v) is 3.75. The predicted octanol–water partition coefficient (Wildman–Crippen LogP) is 1.86. The van der Waals surface area contributed by atoms with Crippen molar-refractivity contribution in [3.63, 3.8) is 0 Å². The molecule has 0 spiro atoms. The molecule has 2 rings (SSSR count). The fraction of sp³-hybridized carbons (Fsp3) is 0.462. The molecule has 0 saturated carbocycles. The molecule has 0 aliphatic carbocycles. The average Bonchev–Trinajstić information content (AvgIpc) is 2.73. The lowest BCUT2D eigenvalue weighted by Crippen LogP contribution is -2.23. The van der Waals surface area contributed by atoms with Crippen LogP contribution < -0.4 is 16.8 Å². The Kier molecular flexibility index (Phi) is 4.17. The van der Waals surface area contributed by atoms with Gasteiger partial charge in [-0.2, -0.15) is 0 Å². The van der Waals surface area contributed by atoms with Crippen LogP contribution in [0.5, 0.6) is 0 Å². The maximum absolute atomic E-state index is 11.4. The molecule has 0 bridgehead atoms. The van der Waals surface area contributed by atoms with Crippen LogP contribution in [0.3, 0.4) is 0 Å². The third kappa shape index (κ3) is 3.11. The van der Waals surface area contributed by atoms with Gasteiger partial charge in [0.25, 0.3) is 5.91 Å². The third-order valence-electron chi connectivity index (χ3n) is 3.45. The second-order valence-electron chi connectivity index (χ2n) is 4.80. The highest BCUT2D eigenvalue weighted by Crippen LogP contribution is 2.30. The molecule has 0 radical (unpaired) electrons. The van der Waals surface area contributed by atoms with Crippen LogP contribution in [0.15, 0.2) is 12.1 Å². The monoisotopic (exact) mass is 283 g/mol. The summed E-state index contributed by atoms with van der Waals surface area (Å²) in [6, 6.07) is 3.13. The number of ether oxygens (including phenoxy) is 1.